The summed E-state index contributed by atoms with van der Waals surface area (Å²) in [5, 5.41) is 10.6. The summed E-state index contributed by atoms with van der Waals surface area (Å²) >= 11 is 5.50. The molecule has 0 N–H and O–H groups in total. The van der Waals surface area contributed by atoms with Crippen LogP contribution < -0.4 is 56.5 Å². The van der Waals surface area contributed by atoms with Gasteiger partial charge in [0.2, 0.25) is 0 Å². The van der Waals surface area contributed by atoms with Crippen molar-refractivity contribution in [1.82, 2.24) is 0 Å². The second-order valence-electron chi connectivity index (χ2n) is 2.45. The summed E-state index contributed by atoms with van der Waals surface area (Å²) in [5.41, 5.74) is 0. The average Bonchev–Trinajstić information content (AvgIpc) is 1.85. The minimum atomic E-state index is -0.977. The minimum absolute atomic E-state index is 0. The molecule has 0 bridgehead atoms. The Morgan fingerprint density at radius 1 is 1.25 bits per heavy atom. The third kappa shape index (κ3) is 13.7. The van der Waals surface area contributed by atoms with Crippen LogP contribution in [0.4, 0.5) is 0 Å². The van der Waals surface area contributed by atoms with Gasteiger partial charge < -0.3 is 9.90 Å². The van der Waals surface area contributed by atoms with Crippen molar-refractivity contribution in [1.29, 1.82) is 0 Å². The van der Waals surface area contributed by atoms with E-state index in [1.807, 2.05) is 0 Å². The Labute approximate surface area is 121 Å². The number of allylic oxidation sites excluding steroid dienone is 1. The SMILES string of the molecule is C=C(Cl)CCCCCC(=O)[O-].[K+]. The summed E-state index contributed by atoms with van der Waals surface area (Å²) < 4.78 is 0. The molecule has 0 saturated carbocycles. The quantitative estimate of drug-likeness (QED) is 0.397. The van der Waals surface area contributed by atoms with Crippen molar-refractivity contribution in [2.45, 2.75) is 32.1 Å². The first-order chi connectivity index (χ1) is 5.13. The van der Waals surface area contributed by atoms with Crippen LogP contribution in [-0.4, -0.2) is 5.97 Å². The summed E-state index contributed by atoms with van der Waals surface area (Å²) in [6.45, 7) is 3.52. The minimum Gasteiger partial charge on any atom is -0.550 e. The standard InChI is InChI=1S/C8H13ClO2.K/c1-7(9)5-3-2-4-6-8(10)11;/h1-6H2,(H,10,11);/q;+1/p-1. The van der Waals surface area contributed by atoms with E-state index in [0.717, 1.165) is 19.3 Å². The first-order valence-corrected chi connectivity index (χ1v) is 4.04. The molecule has 0 aliphatic rings. The fraction of sp³-hybridized carbons (Fsp3) is 0.625. The maximum atomic E-state index is 9.94. The van der Waals surface area contributed by atoms with Gasteiger partial charge in [-0.3, -0.25) is 0 Å². The zero-order valence-electron chi connectivity index (χ0n) is 7.44. The summed E-state index contributed by atoms with van der Waals surface area (Å²) in [6, 6.07) is 0. The van der Waals surface area contributed by atoms with Crippen LogP contribution in [0, 0.1) is 0 Å². The first-order valence-electron chi connectivity index (χ1n) is 3.66. The van der Waals surface area contributed by atoms with Crippen molar-refractivity contribution < 1.29 is 61.3 Å². The molecule has 0 amide bonds. The van der Waals surface area contributed by atoms with Crippen LogP contribution in [0.1, 0.15) is 32.1 Å². The molecule has 2 nitrogen and oxygen atoms in total. The number of carboxylic acids is 1. The van der Waals surface area contributed by atoms with E-state index in [0.29, 0.717) is 11.5 Å². The molecule has 4 heteroatoms. The van der Waals surface area contributed by atoms with Crippen molar-refractivity contribution in [3.8, 4) is 0 Å². The third-order valence-electron chi connectivity index (χ3n) is 1.33. The molecule has 0 rings (SSSR count). The Bertz CT molecular complexity index is 132. The van der Waals surface area contributed by atoms with E-state index in [9.17, 15) is 9.90 Å². The zero-order chi connectivity index (χ0) is 8.69. The molecular formula is C8H12ClKO2. The fourth-order valence-electron chi connectivity index (χ4n) is 0.763. The molecule has 0 heterocycles. The predicted octanol–water partition coefficient (Wildman–Crippen LogP) is -1.56. The third-order valence-corrected chi connectivity index (χ3v) is 1.52. The molecule has 0 aromatic heterocycles. The summed E-state index contributed by atoms with van der Waals surface area (Å²) in [6.07, 6.45) is 3.38. The number of hydrogen-bond acceptors (Lipinski definition) is 2. The van der Waals surface area contributed by atoms with Gasteiger partial charge in [0.15, 0.2) is 0 Å². The number of halogens is 1. The smallest absolute Gasteiger partial charge is 0.550 e. The maximum absolute atomic E-state index is 9.94. The second kappa shape index (κ2) is 10.2. The van der Waals surface area contributed by atoms with Gasteiger partial charge in [-0.25, -0.2) is 0 Å². The number of rotatable bonds is 6. The molecule has 0 aliphatic heterocycles. The van der Waals surface area contributed by atoms with Gasteiger partial charge in [-0.2, -0.15) is 0 Å². The average molecular weight is 215 g/mol. The Morgan fingerprint density at radius 2 is 1.75 bits per heavy atom. The van der Waals surface area contributed by atoms with E-state index in [-0.39, 0.29) is 57.8 Å². The van der Waals surface area contributed by atoms with E-state index < -0.39 is 5.97 Å². The van der Waals surface area contributed by atoms with Crippen LogP contribution in [0.2, 0.25) is 0 Å². The van der Waals surface area contributed by atoms with E-state index in [4.69, 9.17) is 11.6 Å². The number of unbranched alkanes of at least 4 members (excludes halogenated alkanes) is 2. The molecule has 0 aromatic rings. The van der Waals surface area contributed by atoms with E-state index in [2.05, 4.69) is 6.58 Å². The normalized spacial score (nSPS) is 8.75. The van der Waals surface area contributed by atoms with Crippen molar-refractivity contribution >= 4 is 17.6 Å². The fourth-order valence-corrected chi connectivity index (χ4v) is 0.897. The van der Waals surface area contributed by atoms with E-state index in [1.54, 1.807) is 0 Å². The van der Waals surface area contributed by atoms with Gasteiger partial charge in [-0.05, 0) is 25.7 Å². The Hall–Kier alpha value is 1.14. The molecule has 0 aliphatic carbocycles. The number of hydrogen-bond donors (Lipinski definition) is 0. The van der Waals surface area contributed by atoms with E-state index in [1.165, 1.54) is 0 Å². The van der Waals surface area contributed by atoms with Crippen LogP contribution >= 0.6 is 11.6 Å². The topological polar surface area (TPSA) is 40.1 Å². The van der Waals surface area contributed by atoms with Gasteiger partial charge in [-0.1, -0.05) is 24.6 Å². The predicted molar refractivity (Wildman–Crippen MR) is 43.1 cm³/mol. The Kier molecular flexibility index (Phi) is 13.3. The maximum Gasteiger partial charge on any atom is 1.00 e. The zero-order valence-corrected chi connectivity index (χ0v) is 11.3. The largest absolute Gasteiger partial charge is 1.00 e. The Morgan fingerprint density at radius 3 is 2.17 bits per heavy atom. The van der Waals surface area contributed by atoms with Crippen LogP contribution in [-0.2, 0) is 4.79 Å². The van der Waals surface area contributed by atoms with Gasteiger partial charge in [0.1, 0.15) is 0 Å². The van der Waals surface area contributed by atoms with Gasteiger partial charge >= 0.3 is 51.4 Å². The monoisotopic (exact) mass is 214 g/mol. The van der Waals surface area contributed by atoms with Crippen LogP contribution in [0.5, 0.6) is 0 Å². The molecule has 0 saturated heterocycles. The number of carbonyl (C=O) groups is 1. The Balaban J connectivity index is 0. The van der Waals surface area contributed by atoms with Gasteiger partial charge in [0, 0.05) is 11.0 Å². The molecule has 0 atom stereocenters. The van der Waals surface area contributed by atoms with Crippen molar-refractivity contribution in [2.75, 3.05) is 0 Å². The van der Waals surface area contributed by atoms with Crippen molar-refractivity contribution in [3.63, 3.8) is 0 Å². The molecular weight excluding hydrogens is 203 g/mol. The molecule has 12 heavy (non-hydrogen) atoms. The summed E-state index contributed by atoms with van der Waals surface area (Å²) in [7, 11) is 0. The molecule has 0 unspecified atom stereocenters. The molecule has 0 aromatic carbocycles. The molecule has 0 radical (unpaired) electrons. The molecule has 0 fully saturated rings. The first kappa shape index (κ1) is 15.6. The van der Waals surface area contributed by atoms with E-state index >= 15 is 0 Å². The second-order valence-corrected chi connectivity index (χ2v) is 2.98. The number of aliphatic carboxylic acids is 1. The van der Waals surface area contributed by atoms with Crippen molar-refractivity contribution in [2.24, 2.45) is 0 Å². The summed E-state index contributed by atoms with van der Waals surface area (Å²) in [4.78, 5) is 9.94. The molecule has 0 spiro atoms. The van der Waals surface area contributed by atoms with Crippen molar-refractivity contribution in [3.05, 3.63) is 11.6 Å². The van der Waals surface area contributed by atoms with Gasteiger partial charge in [0.05, 0.1) is 0 Å². The number of carboxylic acid groups (broad SMARTS) is 1. The summed E-state index contributed by atoms with van der Waals surface area (Å²) in [5.74, 6) is -0.977. The van der Waals surface area contributed by atoms with Crippen LogP contribution in [0.3, 0.4) is 0 Å². The van der Waals surface area contributed by atoms with Gasteiger partial charge in [0.25, 0.3) is 0 Å². The van der Waals surface area contributed by atoms with Crippen LogP contribution in [0.15, 0.2) is 11.6 Å². The van der Waals surface area contributed by atoms with Gasteiger partial charge in [-0.15, -0.1) is 0 Å². The molecule has 64 valence electrons. The van der Waals surface area contributed by atoms with Crippen LogP contribution in [0.25, 0.3) is 0 Å². The number of carbonyl (C=O) groups excluding carboxylic acids is 1.